The van der Waals surface area contributed by atoms with Crippen molar-refractivity contribution in [2.75, 3.05) is 0 Å². The molecule has 0 aromatic heterocycles. The molecule has 3 nitrogen and oxygen atoms in total. The SMILES string of the molecule is CC1CCc2cccc(C3(C(=O)O)CCC3)c2O1. The normalized spacial score (nSPS) is 24.6. The highest BCUT2D eigenvalue weighted by atomic mass is 16.5. The Morgan fingerprint density at radius 2 is 2.22 bits per heavy atom. The van der Waals surface area contributed by atoms with Gasteiger partial charge in [0.1, 0.15) is 5.75 Å². The number of benzene rings is 1. The molecular formula is C15H18O3. The van der Waals surface area contributed by atoms with Crippen molar-refractivity contribution in [3.8, 4) is 5.75 Å². The Bertz CT molecular complexity index is 489. The quantitative estimate of drug-likeness (QED) is 0.872. The van der Waals surface area contributed by atoms with Gasteiger partial charge in [-0.3, -0.25) is 4.79 Å². The summed E-state index contributed by atoms with van der Waals surface area (Å²) in [4.78, 5) is 11.6. The van der Waals surface area contributed by atoms with E-state index < -0.39 is 11.4 Å². The number of carboxylic acid groups (broad SMARTS) is 1. The molecule has 1 fully saturated rings. The van der Waals surface area contributed by atoms with E-state index in [1.165, 1.54) is 0 Å². The Balaban J connectivity index is 2.10. The topological polar surface area (TPSA) is 46.5 Å². The number of hydrogen-bond acceptors (Lipinski definition) is 2. The van der Waals surface area contributed by atoms with Crippen LogP contribution in [0, 0.1) is 0 Å². The lowest BCUT2D eigenvalue weighted by atomic mass is 9.64. The van der Waals surface area contributed by atoms with Crippen LogP contribution in [0.2, 0.25) is 0 Å². The van der Waals surface area contributed by atoms with E-state index >= 15 is 0 Å². The van der Waals surface area contributed by atoms with Crippen molar-refractivity contribution < 1.29 is 14.6 Å². The van der Waals surface area contributed by atoms with Gasteiger partial charge in [0, 0.05) is 5.56 Å². The first-order chi connectivity index (χ1) is 8.63. The number of para-hydroxylation sites is 1. The maximum absolute atomic E-state index is 11.6. The molecule has 1 aliphatic heterocycles. The molecule has 1 aromatic rings. The van der Waals surface area contributed by atoms with Crippen LogP contribution < -0.4 is 4.74 Å². The van der Waals surface area contributed by atoms with Gasteiger partial charge < -0.3 is 9.84 Å². The highest BCUT2D eigenvalue weighted by molar-refractivity contribution is 5.84. The molecule has 0 saturated heterocycles. The lowest BCUT2D eigenvalue weighted by Crippen LogP contribution is -2.43. The van der Waals surface area contributed by atoms with E-state index in [-0.39, 0.29) is 6.10 Å². The molecule has 0 radical (unpaired) electrons. The van der Waals surface area contributed by atoms with E-state index in [1.54, 1.807) is 0 Å². The number of carbonyl (C=O) groups is 1. The number of ether oxygens (including phenoxy) is 1. The van der Waals surface area contributed by atoms with E-state index in [0.29, 0.717) is 0 Å². The highest BCUT2D eigenvalue weighted by Gasteiger charge is 2.48. The molecule has 1 N–H and O–H groups in total. The Hall–Kier alpha value is -1.51. The third-order valence-electron chi connectivity index (χ3n) is 4.37. The molecule has 0 bridgehead atoms. The summed E-state index contributed by atoms with van der Waals surface area (Å²) in [6.07, 6.45) is 4.64. The second kappa shape index (κ2) is 4.01. The van der Waals surface area contributed by atoms with Crippen LogP contribution in [-0.4, -0.2) is 17.2 Å². The summed E-state index contributed by atoms with van der Waals surface area (Å²) < 4.78 is 5.93. The molecule has 1 atom stereocenters. The smallest absolute Gasteiger partial charge is 0.314 e. The van der Waals surface area contributed by atoms with Crippen LogP contribution in [0.4, 0.5) is 0 Å². The minimum Gasteiger partial charge on any atom is -0.490 e. The summed E-state index contributed by atoms with van der Waals surface area (Å²) in [7, 11) is 0. The molecular weight excluding hydrogens is 228 g/mol. The van der Waals surface area contributed by atoms with E-state index in [9.17, 15) is 9.90 Å². The number of aliphatic carboxylic acids is 1. The zero-order chi connectivity index (χ0) is 12.8. The number of carboxylic acids is 1. The van der Waals surface area contributed by atoms with Crippen molar-refractivity contribution in [3.05, 3.63) is 29.3 Å². The molecule has 1 heterocycles. The van der Waals surface area contributed by atoms with Gasteiger partial charge in [0.2, 0.25) is 0 Å². The van der Waals surface area contributed by atoms with E-state index in [1.807, 2.05) is 19.1 Å². The fraction of sp³-hybridized carbons (Fsp3) is 0.533. The first-order valence-electron chi connectivity index (χ1n) is 6.66. The van der Waals surface area contributed by atoms with Crippen molar-refractivity contribution in [1.82, 2.24) is 0 Å². The number of rotatable bonds is 2. The Labute approximate surface area is 107 Å². The summed E-state index contributed by atoms with van der Waals surface area (Å²) in [6, 6.07) is 5.96. The summed E-state index contributed by atoms with van der Waals surface area (Å²) in [5.74, 6) is 0.141. The van der Waals surface area contributed by atoms with Crippen LogP contribution in [0.3, 0.4) is 0 Å². The number of hydrogen-bond donors (Lipinski definition) is 1. The minimum absolute atomic E-state index is 0.185. The van der Waals surface area contributed by atoms with Crippen molar-refractivity contribution in [2.45, 2.75) is 50.5 Å². The standard InChI is InChI=1S/C15H18O3/c1-10-6-7-11-4-2-5-12(13(11)18-10)15(14(16)17)8-3-9-15/h2,4-5,10H,3,6-9H2,1H3,(H,16,17). The van der Waals surface area contributed by atoms with Crippen LogP contribution in [0.5, 0.6) is 5.75 Å². The monoisotopic (exact) mass is 246 g/mol. The van der Waals surface area contributed by atoms with Gasteiger partial charge in [0.05, 0.1) is 11.5 Å². The summed E-state index contributed by atoms with van der Waals surface area (Å²) in [6.45, 7) is 2.05. The summed E-state index contributed by atoms with van der Waals surface area (Å²) in [5, 5.41) is 9.55. The predicted octanol–water partition coefficient (Wildman–Crippen LogP) is 2.91. The Morgan fingerprint density at radius 3 is 2.83 bits per heavy atom. The van der Waals surface area contributed by atoms with Gasteiger partial charge >= 0.3 is 5.97 Å². The van der Waals surface area contributed by atoms with Crippen molar-refractivity contribution in [2.24, 2.45) is 0 Å². The average Bonchev–Trinajstić information content (AvgIpc) is 2.27. The van der Waals surface area contributed by atoms with Gasteiger partial charge in [0.25, 0.3) is 0 Å². The molecule has 2 aliphatic rings. The largest absolute Gasteiger partial charge is 0.490 e. The maximum Gasteiger partial charge on any atom is 0.314 e. The van der Waals surface area contributed by atoms with Crippen LogP contribution in [0.15, 0.2) is 18.2 Å². The van der Waals surface area contributed by atoms with Crippen LogP contribution >= 0.6 is 0 Å². The second-order valence-corrected chi connectivity index (χ2v) is 5.50. The first-order valence-corrected chi connectivity index (χ1v) is 6.66. The predicted molar refractivity (Wildman–Crippen MR) is 68.0 cm³/mol. The van der Waals surface area contributed by atoms with E-state index in [4.69, 9.17) is 4.74 Å². The molecule has 3 heteroatoms. The Morgan fingerprint density at radius 1 is 1.44 bits per heavy atom. The summed E-state index contributed by atoms with van der Waals surface area (Å²) in [5.41, 5.74) is 1.37. The van der Waals surface area contributed by atoms with E-state index in [2.05, 4.69) is 6.07 Å². The minimum atomic E-state index is -0.705. The maximum atomic E-state index is 11.6. The van der Waals surface area contributed by atoms with Gasteiger partial charge in [-0.25, -0.2) is 0 Å². The highest BCUT2D eigenvalue weighted by Crippen LogP contribution is 2.49. The first kappa shape index (κ1) is 11.6. The van der Waals surface area contributed by atoms with Gasteiger partial charge in [-0.2, -0.15) is 0 Å². The van der Waals surface area contributed by atoms with Crippen LogP contribution in [-0.2, 0) is 16.6 Å². The molecule has 1 unspecified atom stereocenters. The van der Waals surface area contributed by atoms with Crippen molar-refractivity contribution in [3.63, 3.8) is 0 Å². The molecule has 1 aliphatic carbocycles. The number of aryl methyl sites for hydroxylation is 1. The van der Waals surface area contributed by atoms with Crippen molar-refractivity contribution >= 4 is 5.97 Å². The third-order valence-corrected chi connectivity index (χ3v) is 4.37. The molecule has 96 valence electrons. The molecule has 3 rings (SSSR count). The van der Waals surface area contributed by atoms with Crippen LogP contribution in [0.1, 0.15) is 43.7 Å². The molecule has 18 heavy (non-hydrogen) atoms. The molecule has 1 aromatic carbocycles. The Kier molecular flexibility index (Phi) is 2.58. The zero-order valence-corrected chi connectivity index (χ0v) is 10.6. The molecule has 0 spiro atoms. The van der Waals surface area contributed by atoms with Crippen LogP contribution in [0.25, 0.3) is 0 Å². The van der Waals surface area contributed by atoms with Gasteiger partial charge in [-0.05, 0) is 38.2 Å². The fourth-order valence-corrected chi connectivity index (χ4v) is 3.05. The average molecular weight is 246 g/mol. The lowest BCUT2D eigenvalue weighted by Gasteiger charge is -2.40. The third kappa shape index (κ3) is 1.53. The number of fused-ring (bicyclic) bond motifs is 1. The van der Waals surface area contributed by atoms with Gasteiger partial charge in [0.15, 0.2) is 0 Å². The van der Waals surface area contributed by atoms with Gasteiger partial charge in [-0.15, -0.1) is 0 Å². The zero-order valence-electron chi connectivity index (χ0n) is 10.6. The molecule has 0 amide bonds. The second-order valence-electron chi connectivity index (χ2n) is 5.50. The van der Waals surface area contributed by atoms with Gasteiger partial charge in [-0.1, -0.05) is 24.6 Å². The summed E-state index contributed by atoms with van der Waals surface area (Å²) >= 11 is 0. The van der Waals surface area contributed by atoms with Crippen molar-refractivity contribution in [1.29, 1.82) is 0 Å². The lowest BCUT2D eigenvalue weighted by molar-refractivity contribution is -0.147. The van der Waals surface area contributed by atoms with E-state index in [0.717, 1.165) is 49.0 Å². The fourth-order valence-electron chi connectivity index (χ4n) is 3.05. The molecule has 1 saturated carbocycles.